The first-order chi connectivity index (χ1) is 17.6. The van der Waals surface area contributed by atoms with Crippen molar-refractivity contribution in [1.82, 2.24) is 14.6 Å². The lowest BCUT2D eigenvalue weighted by Crippen LogP contribution is -2.37. The zero-order valence-corrected chi connectivity index (χ0v) is 21.6. The third kappa shape index (κ3) is 6.84. The Labute approximate surface area is 214 Å². The Morgan fingerprint density at radius 1 is 1.33 bits per heavy atom. The van der Waals surface area contributed by atoms with Crippen LogP contribution >= 0.6 is 19.3 Å². The van der Waals surface area contributed by atoms with E-state index in [-0.39, 0.29) is 11.3 Å². The highest BCUT2D eigenvalue weighted by atomic mass is 35.5. The second kappa shape index (κ2) is 11.7. The second-order valence-corrected chi connectivity index (χ2v) is 10.4. The first kappa shape index (κ1) is 25.2. The topological polar surface area (TPSA) is 158 Å². The molecule has 36 heavy (non-hydrogen) atoms. The number of benzene rings is 1. The van der Waals surface area contributed by atoms with Gasteiger partial charge in [-0.25, -0.2) is 9.36 Å². The van der Waals surface area contributed by atoms with Crippen LogP contribution in [0.3, 0.4) is 0 Å². The largest absolute Gasteiger partial charge is 0.462 e. The highest BCUT2D eigenvalue weighted by Crippen LogP contribution is 2.46. The van der Waals surface area contributed by atoms with E-state index in [2.05, 4.69) is 10.1 Å². The number of aliphatic hydroxyl groups excluding tert-OH is 1. The van der Waals surface area contributed by atoms with E-state index >= 15 is 0 Å². The van der Waals surface area contributed by atoms with Crippen LogP contribution in [0.1, 0.15) is 35.3 Å². The van der Waals surface area contributed by atoms with Gasteiger partial charge in [-0.3, -0.25) is 23.7 Å². The van der Waals surface area contributed by atoms with Crippen LogP contribution in [0.5, 0.6) is 5.75 Å². The summed E-state index contributed by atoms with van der Waals surface area (Å²) in [5.74, 6) is -0.772. The Morgan fingerprint density at radius 3 is 2.64 bits per heavy atom. The number of aromatic nitrogens is 2. The molecule has 12 nitrogen and oxygen atoms in total. The summed E-state index contributed by atoms with van der Waals surface area (Å²) < 4.78 is 53.0. The van der Waals surface area contributed by atoms with Gasteiger partial charge in [0, 0.05) is 11.8 Å². The van der Waals surface area contributed by atoms with Crippen molar-refractivity contribution < 1.29 is 35.7 Å². The Balaban J connectivity index is 1.90. The summed E-state index contributed by atoms with van der Waals surface area (Å²) in [5, 5.41) is 11.7. The lowest BCUT2D eigenvalue weighted by atomic mass is 10.2. The molecule has 0 saturated carbocycles. The third-order valence-electron chi connectivity index (χ3n) is 4.93. The van der Waals surface area contributed by atoms with Crippen molar-refractivity contribution in [2.45, 2.75) is 63.7 Å². The maximum atomic E-state index is 13.8. The molecule has 1 unspecified atom stereocenters. The van der Waals surface area contributed by atoms with Crippen molar-refractivity contribution in [3.63, 3.8) is 0 Å². The molecule has 14 heteroatoms. The number of rotatable bonds is 10. The SMILES string of the molecule is [2H]C([2H])(O[P@@](=O)(N[C@@H](C)C(=O)OC(C)C)Oc1ccccc1)[C@@H]1O[C@H](n2cc(C)c(=O)[nH]c2=O)[C@H](Cl)C1O. The second-order valence-electron chi connectivity index (χ2n) is 8.31. The van der Waals surface area contributed by atoms with Crippen LogP contribution in [-0.4, -0.2) is 56.9 Å². The summed E-state index contributed by atoms with van der Waals surface area (Å²) in [6.45, 7) is 2.94. The summed E-state index contributed by atoms with van der Waals surface area (Å²) in [4.78, 5) is 38.5. The van der Waals surface area contributed by atoms with Crippen LogP contribution < -0.4 is 20.9 Å². The number of nitrogens with one attached hydrogen (secondary N) is 2. The summed E-state index contributed by atoms with van der Waals surface area (Å²) in [6.07, 6.45) is -4.38. The average molecular weight is 548 g/mol. The number of aliphatic hydroxyl groups is 1. The van der Waals surface area contributed by atoms with Crippen LogP contribution in [0.2, 0.25) is 0 Å². The molecule has 0 spiro atoms. The lowest BCUT2D eigenvalue weighted by molar-refractivity contribution is -0.149. The standard InChI is InChI=1S/C22H29ClN3O9P/c1-12(2)33-21(29)14(4)25-36(31,35-15-8-6-5-7-9-15)32-11-16-18(27)17(23)20(34-16)26-10-13(3)19(28)24-22(26)30/h5-10,12,14,16-18,20,27H,11H2,1-4H3,(H,25,31)(H,24,28,30)/t14-,16-,17+,18?,20-,36-/m0/s1/i11D2. The number of halogens is 1. The van der Waals surface area contributed by atoms with E-state index in [4.69, 9.17) is 32.9 Å². The number of nitrogens with zero attached hydrogens (tertiary/aromatic N) is 1. The molecule has 0 bridgehead atoms. The molecular formula is C22H29ClN3O9P. The van der Waals surface area contributed by atoms with Gasteiger partial charge in [-0.1, -0.05) is 18.2 Å². The third-order valence-corrected chi connectivity index (χ3v) is 6.90. The van der Waals surface area contributed by atoms with Gasteiger partial charge >= 0.3 is 19.4 Å². The molecule has 1 aliphatic rings. The van der Waals surface area contributed by atoms with E-state index in [1.54, 1.807) is 32.0 Å². The van der Waals surface area contributed by atoms with Gasteiger partial charge in [-0.05, 0) is 39.8 Å². The molecule has 0 amide bonds. The molecule has 1 fully saturated rings. The van der Waals surface area contributed by atoms with E-state index in [0.29, 0.717) is 0 Å². The van der Waals surface area contributed by atoms with Crippen molar-refractivity contribution in [1.29, 1.82) is 0 Å². The van der Waals surface area contributed by atoms with E-state index < -0.39 is 67.5 Å². The molecule has 3 rings (SSSR count). The molecule has 0 radical (unpaired) electrons. The fraction of sp³-hybridized carbons (Fsp3) is 0.500. The van der Waals surface area contributed by atoms with Crippen molar-refractivity contribution in [3.8, 4) is 5.75 Å². The summed E-state index contributed by atoms with van der Waals surface area (Å²) in [7, 11) is -4.71. The monoisotopic (exact) mass is 547 g/mol. The van der Waals surface area contributed by atoms with Gasteiger partial charge in [0.2, 0.25) is 0 Å². The smallest absolute Gasteiger partial charge is 0.459 e. The van der Waals surface area contributed by atoms with E-state index in [1.807, 2.05) is 0 Å². The van der Waals surface area contributed by atoms with Crippen molar-refractivity contribution in [2.75, 3.05) is 6.56 Å². The number of carbonyl (C=O) groups excluding carboxylic acids is 1. The fourth-order valence-corrected chi connectivity index (χ4v) is 4.85. The molecule has 3 N–H and O–H groups in total. The van der Waals surface area contributed by atoms with Crippen molar-refractivity contribution in [2.24, 2.45) is 0 Å². The number of H-pyrrole nitrogens is 1. The number of alkyl halides is 1. The van der Waals surface area contributed by atoms with Gasteiger partial charge in [0.15, 0.2) is 6.23 Å². The van der Waals surface area contributed by atoms with E-state index in [1.165, 1.54) is 26.0 Å². The number of carbonyl (C=O) groups is 1. The zero-order valence-electron chi connectivity index (χ0n) is 21.9. The predicted octanol–water partition coefficient (Wildman–Crippen LogP) is 1.84. The normalized spacial score (nSPS) is 25.5. The van der Waals surface area contributed by atoms with Crippen LogP contribution in [-0.2, 0) is 23.4 Å². The molecule has 2 aromatic rings. The lowest BCUT2D eigenvalue weighted by Gasteiger charge is -2.25. The van der Waals surface area contributed by atoms with E-state index in [0.717, 1.165) is 10.8 Å². The molecule has 0 aliphatic carbocycles. The Kier molecular flexibility index (Phi) is 8.20. The number of aromatic amines is 1. The Morgan fingerprint density at radius 2 is 2.00 bits per heavy atom. The van der Waals surface area contributed by atoms with Gasteiger partial charge in [0.25, 0.3) is 5.56 Å². The van der Waals surface area contributed by atoms with Crippen LogP contribution in [0.15, 0.2) is 46.1 Å². The minimum atomic E-state index is -4.71. The van der Waals surface area contributed by atoms with Gasteiger partial charge < -0.3 is 19.1 Å². The minimum Gasteiger partial charge on any atom is -0.462 e. The molecule has 2 heterocycles. The van der Waals surface area contributed by atoms with Crippen molar-refractivity contribution >= 4 is 25.3 Å². The molecule has 1 aromatic heterocycles. The molecular weight excluding hydrogens is 517 g/mol. The fourth-order valence-electron chi connectivity index (χ4n) is 3.17. The first-order valence-electron chi connectivity index (χ1n) is 12.0. The van der Waals surface area contributed by atoms with Gasteiger partial charge in [0.1, 0.15) is 29.4 Å². The number of esters is 1. The summed E-state index contributed by atoms with van der Waals surface area (Å²) in [5.41, 5.74) is -1.40. The summed E-state index contributed by atoms with van der Waals surface area (Å²) >= 11 is 6.28. The first-order valence-corrected chi connectivity index (χ1v) is 12.9. The Hall–Kier alpha value is -2.47. The van der Waals surface area contributed by atoms with Crippen LogP contribution in [0, 0.1) is 6.92 Å². The maximum absolute atomic E-state index is 13.8. The average Bonchev–Trinajstić information content (AvgIpc) is 3.11. The number of aryl methyl sites for hydroxylation is 1. The molecule has 6 atom stereocenters. The number of hydrogen-bond donors (Lipinski definition) is 3. The van der Waals surface area contributed by atoms with Crippen molar-refractivity contribution in [3.05, 3.63) is 62.9 Å². The quantitative estimate of drug-likeness (QED) is 0.228. The highest BCUT2D eigenvalue weighted by Gasteiger charge is 2.45. The van der Waals surface area contributed by atoms with Gasteiger partial charge in [0.05, 0.1) is 15.4 Å². The summed E-state index contributed by atoms with van der Waals surface area (Å²) in [6, 6.07) is 6.41. The molecule has 198 valence electrons. The van der Waals surface area contributed by atoms with Gasteiger partial charge in [-0.15, -0.1) is 11.6 Å². The number of para-hydroxylation sites is 1. The highest BCUT2D eigenvalue weighted by molar-refractivity contribution is 7.52. The number of ether oxygens (including phenoxy) is 2. The minimum absolute atomic E-state index is 0.0276. The van der Waals surface area contributed by atoms with Crippen LogP contribution in [0.25, 0.3) is 0 Å². The Bertz CT molecular complexity index is 1310. The maximum Gasteiger partial charge on any atom is 0.459 e. The zero-order chi connectivity index (χ0) is 28.4. The van der Waals surface area contributed by atoms with Crippen LogP contribution in [0.4, 0.5) is 0 Å². The van der Waals surface area contributed by atoms with E-state index in [9.17, 15) is 24.1 Å². The number of hydrogen-bond acceptors (Lipinski definition) is 9. The predicted molar refractivity (Wildman–Crippen MR) is 130 cm³/mol. The molecule has 1 aromatic carbocycles. The molecule has 1 aliphatic heterocycles. The molecule has 1 saturated heterocycles. The van der Waals surface area contributed by atoms with Gasteiger partial charge in [-0.2, -0.15) is 5.09 Å².